The Balaban J connectivity index is 1.50. The van der Waals surface area contributed by atoms with Crippen molar-refractivity contribution in [1.29, 1.82) is 0 Å². The molecule has 0 bridgehead atoms. The second kappa shape index (κ2) is 6.94. The summed E-state index contributed by atoms with van der Waals surface area (Å²) < 4.78 is 25.4. The summed E-state index contributed by atoms with van der Waals surface area (Å²) in [6, 6.07) is 4.72. The highest BCUT2D eigenvalue weighted by atomic mass is 31.2. The van der Waals surface area contributed by atoms with Gasteiger partial charge in [0.15, 0.2) is 11.5 Å². The van der Waals surface area contributed by atoms with E-state index in [0.29, 0.717) is 19.3 Å². The predicted molar refractivity (Wildman–Crippen MR) is 101 cm³/mol. The van der Waals surface area contributed by atoms with E-state index < -0.39 is 7.14 Å². The van der Waals surface area contributed by atoms with Crippen LogP contribution in [0.2, 0.25) is 0 Å². The third-order valence-electron chi connectivity index (χ3n) is 6.00. The van der Waals surface area contributed by atoms with Crippen LogP contribution in [0.3, 0.4) is 0 Å². The van der Waals surface area contributed by atoms with Gasteiger partial charge in [-0.2, -0.15) is 0 Å². The van der Waals surface area contributed by atoms with Gasteiger partial charge in [-0.05, 0) is 51.5 Å². The van der Waals surface area contributed by atoms with Crippen molar-refractivity contribution in [3.63, 3.8) is 0 Å². The molecule has 3 aliphatic heterocycles. The van der Waals surface area contributed by atoms with Gasteiger partial charge in [0, 0.05) is 31.5 Å². The lowest BCUT2D eigenvalue weighted by Crippen LogP contribution is -2.48. The van der Waals surface area contributed by atoms with Gasteiger partial charge in [-0.25, -0.2) is 0 Å². The van der Waals surface area contributed by atoms with Crippen molar-refractivity contribution in [1.82, 2.24) is 9.80 Å². The highest BCUT2D eigenvalue weighted by Crippen LogP contribution is 2.51. The number of likely N-dealkylation sites (tertiary alicyclic amines) is 1. The van der Waals surface area contributed by atoms with Crippen LogP contribution >= 0.6 is 7.14 Å². The Morgan fingerprint density at radius 3 is 2.32 bits per heavy atom. The van der Waals surface area contributed by atoms with Crippen molar-refractivity contribution in [2.75, 3.05) is 58.8 Å². The van der Waals surface area contributed by atoms with Crippen LogP contribution in [0.5, 0.6) is 11.5 Å². The summed E-state index contributed by atoms with van der Waals surface area (Å²) in [5, 5.41) is 0.913. The maximum Gasteiger partial charge on any atom is 0.172 e. The molecule has 1 aromatic rings. The van der Waals surface area contributed by atoms with Gasteiger partial charge < -0.3 is 18.9 Å². The molecule has 0 amide bonds. The molecule has 3 heterocycles. The van der Waals surface area contributed by atoms with Crippen LogP contribution in [0.1, 0.15) is 18.4 Å². The van der Waals surface area contributed by atoms with Gasteiger partial charge in [-0.1, -0.05) is 6.07 Å². The van der Waals surface area contributed by atoms with Crippen LogP contribution in [0.4, 0.5) is 0 Å². The van der Waals surface area contributed by atoms with Crippen LogP contribution in [0.15, 0.2) is 12.1 Å². The average molecular weight is 364 g/mol. The molecule has 0 unspecified atom stereocenters. The molecule has 0 saturated carbocycles. The number of fused-ring (bicyclic) bond motifs is 1. The molecule has 25 heavy (non-hydrogen) atoms. The highest BCUT2D eigenvalue weighted by molar-refractivity contribution is 7.71. The van der Waals surface area contributed by atoms with Crippen LogP contribution in [-0.2, 0) is 4.57 Å². The van der Waals surface area contributed by atoms with Crippen molar-refractivity contribution >= 4 is 12.4 Å². The first kappa shape index (κ1) is 17.4. The molecule has 0 atom stereocenters. The molecule has 3 aliphatic rings. The number of aryl methyl sites for hydroxylation is 1. The number of piperidine rings is 1. The molecular formula is C19H29N2O3P. The van der Waals surface area contributed by atoms with E-state index in [1.165, 1.54) is 25.9 Å². The van der Waals surface area contributed by atoms with Gasteiger partial charge in [0.1, 0.15) is 20.4 Å². The SMILES string of the molecule is Cc1ccc(P2(=O)CCN(C3CCN(C)CC3)CC2)c2c1OCCO2. The molecule has 5 nitrogen and oxygen atoms in total. The second-order valence-electron chi connectivity index (χ2n) is 7.66. The van der Waals surface area contributed by atoms with E-state index in [1.54, 1.807) is 0 Å². The fraction of sp³-hybridized carbons (Fsp3) is 0.684. The minimum absolute atomic E-state index is 0.547. The molecule has 0 aromatic heterocycles. The zero-order chi connectivity index (χ0) is 17.4. The fourth-order valence-corrected chi connectivity index (χ4v) is 7.10. The van der Waals surface area contributed by atoms with E-state index in [4.69, 9.17) is 9.47 Å². The molecule has 2 saturated heterocycles. The quantitative estimate of drug-likeness (QED) is 0.753. The lowest BCUT2D eigenvalue weighted by Gasteiger charge is -2.41. The van der Waals surface area contributed by atoms with Gasteiger partial charge in [-0.3, -0.25) is 4.90 Å². The number of ether oxygens (including phenoxy) is 2. The van der Waals surface area contributed by atoms with Crippen LogP contribution in [-0.4, -0.2) is 74.6 Å². The Labute approximate surface area is 150 Å². The topological polar surface area (TPSA) is 42.0 Å². The fourth-order valence-electron chi connectivity index (χ4n) is 4.35. The zero-order valence-corrected chi connectivity index (χ0v) is 16.3. The number of benzene rings is 1. The third kappa shape index (κ3) is 3.34. The third-order valence-corrected chi connectivity index (χ3v) is 9.08. The molecule has 2 fully saturated rings. The van der Waals surface area contributed by atoms with Gasteiger partial charge in [0.25, 0.3) is 0 Å². The Morgan fingerprint density at radius 2 is 1.64 bits per heavy atom. The Hall–Kier alpha value is -1.03. The van der Waals surface area contributed by atoms with E-state index in [1.807, 2.05) is 19.1 Å². The van der Waals surface area contributed by atoms with E-state index >= 15 is 0 Å². The monoisotopic (exact) mass is 364 g/mol. The largest absolute Gasteiger partial charge is 0.486 e. The summed E-state index contributed by atoms with van der Waals surface area (Å²) in [5.74, 6) is 1.55. The minimum atomic E-state index is -2.40. The lowest BCUT2D eigenvalue weighted by atomic mass is 10.0. The molecule has 0 spiro atoms. The maximum atomic E-state index is 13.7. The number of rotatable bonds is 2. The Bertz CT molecular complexity index is 673. The predicted octanol–water partition coefficient (Wildman–Crippen LogP) is 2.16. The Morgan fingerprint density at radius 1 is 1.00 bits per heavy atom. The van der Waals surface area contributed by atoms with Gasteiger partial charge in [0.05, 0.1) is 5.30 Å². The van der Waals surface area contributed by atoms with Gasteiger partial charge >= 0.3 is 0 Å². The van der Waals surface area contributed by atoms with Gasteiger partial charge in [0.2, 0.25) is 0 Å². The van der Waals surface area contributed by atoms with Crippen molar-refractivity contribution in [2.24, 2.45) is 0 Å². The summed E-state index contributed by atoms with van der Waals surface area (Å²) in [6.07, 6.45) is 3.99. The summed E-state index contributed by atoms with van der Waals surface area (Å²) >= 11 is 0. The zero-order valence-electron chi connectivity index (χ0n) is 15.4. The summed E-state index contributed by atoms with van der Waals surface area (Å²) in [4.78, 5) is 4.97. The van der Waals surface area contributed by atoms with E-state index in [9.17, 15) is 4.57 Å². The molecule has 0 aliphatic carbocycles. The van der Waals surface area contributed by atoms with Crippen LogP contribution < -0.4 is 14.8 Å². The molecule has 6 heteroatoms. The summed E-state index contributed by atoms with van der Waals surface area (Å²) in [6.45, 7) is 7.38. The number of hydrogen-bond acceptors (Lipinski definition) is 5. The van der Waals surface area contributed by atoms with Crippen molar-refractivity contribution in [2.45, 2.75) is 25.8 Å². The maximum absolute atomic E-state index is 13.7. The summed E-state index contributed by atoms with van der Waals surface area (Å²) in [5.41, 5.74) is 1.06. The van der Waals surface area contributed by atoms with Crippen molar-refractivity contribution in [3.8, 4) is 11.5 Å². The second-order valence-corrected chi connectivity index (χ2v) is 10.8. The van der Waals surface area contributed by atoms with E-state index in [2.05, 4.69) is 16.8 Å². The van der Waals surface area contributed by atoms with Gasteiger partial charge in [-0.15, -0.1) is 0 Å². The summed E-state index contributed by atoms with van der Waals surface area (Å²) in [7, 11) is -0.206. The highest BCUT2D eigenvalue weighted by Gasteiger charge is 2.37. The Kier molecular flexibility index (Phi) is 4.83. The molecule has 0 N–H and O–H groups in total. The molecule has 0 radical (unpaired) electrons. The van der Waals surface area contributed by atoms with Crippen molar-refractivity contribution in [3.05, 3.63) is 17.7 Å². The molecule has 138 valence electrons. The van der Waals surface area contributed by atoms with E-state index in [0.717, 1.165) is 47.8 Å². The van der Waals surface area contributed by atoms with Crippen LogP contribution in [0, 0.1) is 6.92 Å². The smallest absolute Gasteiger partial charge is 0.172 e. The first-order valence-corrected chi connectivity index (χ1v) is 11.5. The number of hydrogen-bond donors (Lipinski definition) is 0. The normalized spacial score (nSPS) is 25.0. The first-order valence-electron chi connectivity index (χ1n) is 9.47. The lowest BCUT2D eigenvalue weighted by molar-refractivity contribution is 0.129. The molecule has 4 rings (SSSR count). The number of nitrogens with zero attached hydrogens (tertiary/aromatic N) is 2. The minimum Gasteiger partial charge on any atom is -0.486 e. The first-order chi connectivity index (χ1) is 12.1. The van der Waals surface area contributed by atoms with Crippen molar-refractivity contribution < 1.29 is 14.0 Å². The van der Waals surface area contributed by atoms with Crippen LogP contribution in [0.25, 0.3) is 0 Å². The molecular weight excluding hydrogens is 335 g/mol. The standard InChI is InChI=1S/C19H29N2O3P/c1-15-3-4-17(19-18(15)23-11-12-24-19)25(22)13-9-21(10-14-25)16-5-7-20(2)8-6-16/h3-4,16H,5-14H2,1-2H3. The van der Waals surface area contributed by atoms with E-state index in [-0.39, 0.29) is 0 Å². The molecule has 1 aromatic carbocycles. The average Bonchev–Trinajstić information content (AvgIpc) is 2.64.